The standard InChI is InChI=1S/C14H20N4S/c1-18-9-13(8-16-18)19-12-3-2-6-14(7-12,10-15)17-11-4-5-11/h8-9,11-12,17H,2-7H2,1H3. The number of hydrogen-bond acceptors (Lipinski definition) is 4. The van der Waals surface area contributed by atoms with E-state index in [0.29, 0.717) is 11.3 Å². The average Bonchev–Trinajstić information content (AvgIpc) is 3.11. The normalized spacial score (nSPS) is 31.1. The van der Waals surface area contributed by atoms with E-state index in [4.69, 9.17) is 0 Å². The lowest BCUT2D eigenvalue weighted by atomic mass is 9.82. The fourth-order valence-electron chi connectivity index (χ4n) is 2.86. The molecule has 2 aliphatic carbocycles. The molecule has 2 unspecified atom stereocenters. The van der Waals surface area contributed by atoms with Crippen LogP contribution >= 0.6 is 11.8 Å². The molecule has 1 aromatic rings. The molecule has 0 saturated heterocycles. The third-order valence-electron chi connectivity index (χ3n) is 3.96. The Kier molecular flexibility index (Phi) is 3.55. The zero-order valence-electron chi connectivity index (χ0n) is 11.3. The van der Waals surface area contributed by atoms with Gasteiger partial charge in [0.05, 0.1) is 12.3 Å². The van der Waals surface area contributed by atoms with Crippen molar-refractivity contribution in [3.63, 3.8) is 0 Å². The van der Waals surface area contributed by atoms with Crippen LogP contribution in [0.3, 0.4) is 0 Å². The largest absolute Gasteiger partial charge is 0.297 e. The molecule has 0 radical (unpaired) electrons. The highest BCUT2D eigenvalue weighted by Crippen LogP contribution is 2.39. The summed E-state index contributed by atoms with van der Waals surface area (Å²) in [6.07, 6.45) is 10.8. The molecule has 3 rings (SSSR count). The van der Waals surface area contributed by atoms with Gasteiger partial charge in [0.2, 0.25) is 0 Å². The molecular formula is C14H20N4S. The first kappa shape index (κ1) is 13.0. The molecule has 1 N–H and O–H groups in total. The number of rotatable bonds is 4. The summed E-state index contributed by atoms with van der Waals surface area (Å²) < 4.78 is 1.84. The second kappa shape index (κ2) is 5.18. The van der Waals surface area contributed by atoms with Crippen molar-refractivity contribution in [3.05, 3.63) is 12.4 Å². The molecule has 0 bridgehead atoms. The zero-order valence-corrected chi connectivity index (χ0v) is 12.1. The molecule has 19 heavy (non-hydrogen) atoms. The van der Waals surface area contributed by atoms with Crippen molar-refractivity contribution in [1.82, 2.24) is 15.1 Å². The maximum absolute atomic E-state index is 9.57. The van der Waals surface area contributed by atoms with Crippen LogP contribution in [0.2, 0.25) is 0 Å². The Morgan fingerprint density at radius 3 is 3.00 bits per heavy atom. The van der Waals surface area contributed by atoms with Gasteiger partial charge in [-0.05, 0) is 38.5 Å². The molecule has 2 fully saturated rings. The summed E-state index contributed by atoms with van der Waals surface area (Å²) in [5.74, 6) is 0. The molecule has 0 aromatic carbocycles. The van der Waals surface area contributed by atoms with E-state index in [0.717, 1.165) is 19.3 Å². The molecule has 2 atom stereocenters. The fraction of sp³-hybridized carbons (Fsp3) is 0.714. The van der Waals surface area contributed by atoms with E-state index in [1.165, 1.54) is 24.2 Å². The van der Waals surface area contributed by atoms with E-state index in [-0.39, 0.29) is 5.54 Å². The van der Waals surface area contributed by atoms with Crippen molar-refractivity contribution in [2.45, 2.75) is 60.3 Å². The van der Waals surface area contributed by atoms with E-state index in [1.807, 2.05) is 29.7 Å². The van der Waals surface area contributed by atoms with Crippen LogP contribution in [0.15, 0.2) is 17.3 Å². The lowest BCUT2D eigenvalue weighted by Crippen LogP contribution is -2.49. The van der Waals surface area contributed by atoms with Gasteiger partial charge in [0, 0.05) is 29.4 Å². The van der Waals surface area contributed by atoms with Crippen LogP contribution in [-0.2, 0) is 7.05 Å². The number of aryl methyl sites for hydroxylation is 1. The summed E-state index contributed by atoms with van der Waals surface area (Å²) in [6, 6.07) is 3.16. The van der Waals surface area contributed by atoms with Gasteiger partial charge in [0.1, 0.15) is 5.54 Å². The van der Waals surface area contributed by atoms with Gasteiger partial charge in [0.25, 0.3) is 0 Å². The second-order valence-corrected chi connectivity index (χ2v) is 7.17. The number of aromatic nitrogens is 2. The predicted molar refractivity (Wildman–Crippen MR) is 75.8 cm³/mol. The van der Waals surface area contributed by atoms with E-state index >= 15 is 0 Å². The van der Waals surface area contributed by atoms with E-state index < -0.39 is 0 Å². The first-order valence-electron chi connectivity index (χ1n) is 7.03. The van der Waals surface area contributed by atoms with Crippen molar-refractivity contribution in [3.8, 4) is 6.07 Å². The van der Waals surface area contributed by atoms with Crippen LogP contribution in [0.25, 0.3) is 0 Å². The predicted octanol–water partition coefficient (Wildman–Crippen LogP) is 2.47. The van der Waals surface area contributed by atoms with Crippen LogP contribution in [0.5, 0.6) is 0 Å². The van der Waals surface area contributed by atoms with Gasteiger partial charge >= 0.3 is 0 Å². The van der Waals surface area contributed by atoms with Crippen LogP contribution in [0.4, 0.5) is 0 Å². The molecule has 1 aromatic heterocycles. The highest BCUT2D eigenvalue weighted by Gasteiger charge is 2.40. The molecule has 2 aliphatic rings. The Morgan fingerprint density at radius 2 is 2.37 bits per heavy atom. The summed E-state index contributed by atoms with van der Waals surface area (Å²) in [5.41, 5.74) is -0.278. The third-order valence-corrected chi connectivity index (χ3v) is 5.18. The van der Waals surface area contributed by atoms with Crippen molar-refractivity contribution >= 4 is 11.8 Å². The minimum atomic E-state index is -0.278. The molecule has 2 saturated carbocycles. The molecule has 0 amide bonds. The smallest absolute Gasteiger partial charge is 0.108 e. The van der Waals surface area contributed by atoms with Gasteiger partial charge in [-0.3, -0.25) is 10.00 Å². The van der Waals surface area contributed by atoms with Gasteiger partial charge in [-0.1, -0.05) is 0 Å². The Morgan fingerprint density at radius 1 is 1.53 bits per heavy atom. The monoisotopic (exact) mass is 276 g/mol. The lowest BCUT2D eigenvalue weighted by Gasteiger charge is -2.36. The van der Waals surface area contributed by atoms with Crippen LogP contribution in [-0.4, -0.2) is 26.6 Å². The Labute approximate surface area is 118 Å². The molecule has 102 valence electrons. The van der Waals surface area contributed by atoms with Gasteiger partial charge in [0.15, 0.2) is 0 Å². The van der Waals surface area contributed by atoms with Crippen molar-refractivity contribution in [1.29, 1.82) is 5.26 Å². The quantitative estimate of drug-likeness (QED) is 0.918. The van der Waals surface area contributed by atoms with Crippen LogP contribution in [0.1, 0.15) is 38.5 Å². The summed E-state index contributed by atoms with van der Waals surface area (Å²) in [4.78, 5) is 1.22. The SMILES string of the molecule is Cn1cc(SC2CCCC(C#N)(NC3CC3)C2)cn1. The first-order chi connectivity index (χ1) is 9.19. The summed E-state index contributed by atoms with van der Waals surface area (Å²) >= 11 is 1.88. The maximum Gasteiger partial charge on any atom is 0.108 e. The minimum absolute atomic E-state index is 0.278. The minimum Gasteiger partial charge on any atom is -0.297 e. The lowest BCUT2D eigenvalue weighted by molar-refractivity contribution is 0.301. The summed E-state index contributed by atoms with van der Waals surface area (Å²) in [6.45, 7) is 0. The topological polar surface area (TPSA) is 53.6 Å². The third kappa shape index (κ3) is 3.13. The summed E-state index contributed by atoms with van der Waals surface area (Å²) in [5, 5.41) is 17.9. The van der Waals surface area contributed by atoms with Gasteiger partial charge in [-0.15, -0.1) is 11.8 Å². The summed E-state index contributed by atoms with van der Waals surface area (Å²) in [7, 11) is 1.94. The fourth-order valence-corrected chi connectivity index (χ4v) is 4.22. The average molecular weight is 276 g/mol. The van der Waals surface area contributed by atoms with Crippen LogP contribution < -0.4 is 5.32 Å². The van der Waals surface area contributed by atoms with Crippen LogP contribution in [0, 0.1) is 11.3 Å². The maximum atomic E-state index is 9.57. The molecule has 4 nitrogen and oxygen atoms in total. The Hall–Kier alpha value is -0.990. The van der Waals surface area contributed by atoms with E-state index in [9.17, 15) is 5.26 Å². The molecule has 5 heteroatoms. The van der Waals surface area contributed by atoms with Crippen molar-refractivity contribution in [2.75, 3.05) is 0 Å². The number of nitriles is 1. The van der Waals surface area contributed by atoms with Gasteiger partial charge < -0.3 is 0 Å². The van der Waals surface area contributed by atoms with Gasteiger partial charge in [-0.2, -0.15) is 10.4 Å². The first-order valence-corrected chi connectivity index (χ1v) is 7.91. The highest BCUT2D eigenvalue weighted by atomic mass is 32.2. The molecule has 0 spiro atoms. The van der Waals surface area contributed by atoms with Gasteiger partial charge in [-0.25, -0.2) is 0 Å². The molecular weight excluding hydrogens is 256 g/mol. The zero-order chi connectivity index (χ0) is 13.3. The Balaban J connectivity index is 1.64. The highest BCUT2D eigenvalue weighted by molar-refractivity contribution is 8.00. The number of hydrogen-bond donors (Lipinski definition) is 1. The van der Waals surface area contributed by atoms with E-state index in [1.54, 1.807) is 0 Å². The Bertz CT molecular complexity index is 488. The number of nitrogens with zero attached hydrogens (tertiary/aromatic N) is 3. The number of thioether (sulfide) groups is 1. The number of nitrogens with one attached hydrogen (secondary N) is 1. The molecule has 0 aliphatic heterocycles. The molecule has 1 heterocycles. The second-order valence-electron chi connectivity index (χ2n) is 5.80. The van der Waals surface area contributed by atoms with Crippen molar-refractivity contribution < 1.29 is 0 Å². The van der Waals surface area contributed by atoms with E-state index in [2.05, 4.69) is 22.7 Å². The van der Waals surface area contributed by atoms with Crippen molar-refractivity contribution in [2.24, 2.45) is 7.05 Å².